The molecule has 3 rings (SSSR count). The molecule has 0 aliphatic carbocycles. The van der Waals surface area contributed by atoms with E-state index < -0.39 is 0 Å². The third kappa shape index (κ3) is 3.28. The van der Waals surface area contributed by atoms with E-state index in [1.165, 1.54) is 11.1 Å². The van der Waals surface area contributed by atoms with E-state index >= 15 is 0 Å². The molecule has 0 amide bonds. The van der Waals surface area contributed by atoms with Crippen molar-refractivity contribution in [2.24, 2.45) is 0 Å². The number of hydrogen-bond donors (Lipinski definition) is 1. The Balaban J connectivity index is 1.78. The van der Waals surface area contributed by atoms with Crippen LogP contribution in [0.25, 0.3) is 0 Å². The van der Waals surface area contributed by atoms with E-state index in [0.29, 0.717) is 0 Å². The third-order valence-corrected chi connectivity index (χ3v) is 3.63. The SMILES string of the molecule is COc1cccc(Cn2ccnc2Cc2ccc(N)cc2)c1. The first-order valence-electron chi connectivity index (χ1n) is 7.22. The molecule has 112 valence electrons. The minimum Gasteiger partial charge on any atom is -0.497 e. The zero-order valence-corrected chi connectivity index (χ0v) is 12.6. The van der Waals surface area contributed by atoms with Crippen molar-refractivity contribution < 1.29 is 4.74 Å². The van der Waals surface area contributed by atoms with Crippen LogP contribution in [-0.2, 0) is 13.0 Å². The Bertz CT molecular complexity index is 747. The van der Waals surface area contributed by atoms with Gasteiger partial charge in [-0.05, 0) is 35.4 Å². The highest BCUT2D eigenvalue weighted by Crippen LogP contribution is 2.16. The molecule has 0 fully saturated rings. The van der Waals surface area contributed by atoms with Crippen LogP contribution in [-0.4, -0.2) is 16.7 Å². The third-order valence-electron chi connectivity index (χ3n) is 3.63. The average Bonchev–Trinajstić information content (AvgIpc) is 2.97. The van der Waals surface area contributed by atoms with Crippen LogP contribution in [0.2, 0.25) is 0 Å². The van der Waals surface area contributed by atoms with Crippen LogP contribution < -0.4 is 10.5 Å². The molecule has 1 aromatic heterocycles. The summed E-state index contributed by atoms with van der Waals surface area (Å²) in [5, 5.41) is 0. The number of ether oxygens (including phenoxy) is 1. The largest absolute Gasteiger partial charge is 0.497 e. The van der Waals surface area contributed by atoms with Crippen molar-refractivity contribution in [2.45, 2.75) is 13.0 Å². The van der Waals surface area contributed by atoms with Crippen molar-refractivity contribution in [2.75, 3.05) is 12.8 Å². The summed E-state index contributed by atoms with van der Waals surface area (Å²) in [6.07, 6.45) is 4.64. The Morgan fingerprint density at radius 1 is 1.09 bits per heavy atom. The topological polar surface area (TPSA) is 53.1 Å². The Hall–Kier alpha value is -2.75. The van der Waals surface area contributed by atoms with Gasteiger partial charge in [0.15, 0.2) is 0 Å². The molecule has 0 saturated heterocycles. The molecule has 0 aliphatic rings. The predicted octanol–water partition coefficient (Wildman–Crippen LogP) is 3.11. The lowest BCUT2D eigenvalue weighted by molar-refractivity contribution is 0.414. The standard InChI is InChI=1S/C18H19N3O/c1-22-17-4-2-3-15(11-17)13-21-10-9-20-18(21)12-14-5-7-16(19)8-6-14/h2-11H,12-13,19H2,1H3. The summed E-state index contributed by atoms with van der Waals surface area (Å²) < 4.78 is 7.43. The number of benzene rings is 2. The number of nitrogens with two attached hydrogens (primary N) is 1. The summed E-state index contributed by atoms with van der Waals surface area (Å²) in [7, 11) is 1.68. The summed E-state index contributed by atoms with van der Waals surface area (Å²) in [5.74, 6) is 1.91. The molecule has 0 bridgehead atoms. The highest BCUT2D eigenvalue weighted by Gasteiger charge is 2.05. The molecule has 2 N–H and O–H groups in total. The number of aromatic nitrogens is 2. The van der Waals surface area contributed by atoms with Gasteiger partial charge >= 0.3 is 0 Å². The van der Waals surface area contributed by atoms with Crippen molar-refractivity contribution in [1.29, 1.82) is 0 Å². The zero-order valence-electron chi connectivity index (χ0n) is 12.6. The molecular formula is C18H19N3O. The molecule has 3 aromatic rings. The van der Waals surface area contributed by atoms with Gasteiger partial charge in [0.2, 0.25) is 0 Å². The van der Waals surface area contributed by atoms with E-state index in [1.54, 1.807) is 7.11 Å². The molecule has 22 heavy (non-hydrogen) atoms. The highest BCUT2D eigenvalue weighted by molar-refractivity contribution is 5.40. The molecule has 0 aliphatic heterocycles. The normalized spacial score (nSPS) is 10.6. The first-order valence-corrected chi connectivity index (χ1v) is 7.22. The van der Waals surface area contributed by atoms with Gasteiger partial charge in [-0.3, -0.25) is 0 Å². The molecule has 0 saturated carbocycles. The molecular weight excluding hydrogens is 274 g/mol. The van der Waals surface area contributed by atoms with Gasteiger partial charge < -0.3 is 15.0 Å². The minimum atomic E-state index is 0.779. The number of imidazole rings is 1. The van der Waals surface area contributed by atoms with E-state index in [4.69, 9.17) is 10.5 Å². The van der Waals surface area contributed by atoms with Gasteiger partial charge in [-0.2, -0.15) is 0 Å². The number of nitrogens with zero attached hydrogens (tertiary/aromatic N) is 2. The van der Waals surface area contributed by atoms with Crippen molar-refractivity contribution >= 4 is 5.69 Å². The lowest BCUT2D eigenvalue weighted by atomic mass is 10.1. The van der Waals surface area contributed by atoms with Crippen molar-refractivity contribution in [3.8, 4) is 5.75 Å². The van der Waals surface area contributed by atoms with Crippen LogP contribution in [0.1, 0.15) is 17.0 Å². The van der Waals surface area contributed by atoms with Crippen LogP contribution in [0.15, 0.2) is 60.9 Å². The first-order chi connectivity index (χ1) is 10.7. The van der Waals surface area contributed by atoms with Crippen molar-refractivity contribution in [3.05, 3.63) is 77.9 Å². The number of rotatable bonds is 5. The lowest BCUT2D eigenvalue weighted by Crippen LogP contribution is -2.05. The molecule has 1 heterocycles. The number of methoxy groups -OCH3 is 1. The molecule has 0 radical (unpaired) electrons. The van der Waals surface area contributed by atoms with Crippen molar-refractivity contribution in [1.82, 2.24) is 9.55 Å². The number of hydrogen-bond acceptors (Lipinski definition) is 3. The maximum Gasteiger partial charge on any atom is 0.119 e. The van der Waals surface area contributed by atoms with E-state index in [9.17, 15) is 0 Å². The summed E-state index contributed by atoms with van der Waals surface area (Å²) >= 11 is 0. The highest BCUT2D eigenvalue weighted by atomic mass is 16.5. The molecule has 0 unspecified atom stereocenters. The summed E-state index contributed by atoms with van der Waals surface area (Å²) in [5.41, 5.74) is 8.90. The Morgan fingerprint density at radius 3 is 2.68 bits per heavy atom. The van der Waals surface area contributed by atoms with E-state index in [-0.39, 0.29) is 0 Å². The van der Waals surface area contributed by atoms with Gasteiger partial charge in [0, 0.05) is 31.0 Å². The van der Waals surface area contributed by atoms with Gasteiger partial charge in [0.1, 0.15) is 11.6 Å². The summed E-state index contributed by atoms with van der Waals surface area (Å²) in [4.78, 5) is 4.47. The molecule has 4 nitrogen and oxygen atoms in total. The second-order valence-corrected chi connectivity index (χ2v) is 5.24. The Morgan fingerprint density at radius 2 is 1.91 bits per heavy atom. The maximum absolute atomic E-state index is 5.73. The first kappa shape index (κ1) is 14.2. The van der Waals surface area contributed by atoms with Crippen molar-refractivity contribution in [3.63, 3.8) is 0 Å². The quantitative estimate of drug-likeness (QED) is 0.735. The molecule has 2 aromatic carbocycles. The van der Waals surface area contributed by atoms with Crippen LogP contribution in [0.3, 0.4) is 0 Å². The van der Waals surface area contributed by atoms with Gasteiger partial charge in [0.25, 0.3) is 0 Å². The van der Waals surface area contributed by atoms with E-state index in [2.05, 4.69) is 15.6 Å². The molecule has 0 spiro atoms. The monoisotopic (exact) mass is 293 g/mol. The minimum absolute atomic E-state index is 0.779. The fraction of sp³-hybridized carbons (Fsp3) is 0.167. The molecule has 0 atom stereocenters. The van der Waals surface area contributed by atoms with Crippen LogP contribution in [0.5, 0.6) is 5.75 Å². The fourth-order valence-corrected chi connectivity index (χ4v) is 2.44. The van der Waals surface area contributed by atoms with Crippen LogP contribution in [0.4, 0.5) is 5.69 Å². The Kier molecular flexibility index (Phi) is 4.10. The van der Waals surface area contributed by atoms with E-state index in [0.717, 1.165) is 30.2 Å². The summed E-state index contributed by atoms with van der Waals surface area (Å²) in [6, 6.07) is 16.0. The average molecular weight is 293 g/mol. The maximum atomic E-state index is 5.73. The number of nitrogen functional groups attached to an aromatic ring is 1. The van der Waals surface area contributed by atoms with Gasteiger partial charge in [0.05, 0.1) is 7.11 Å². The van der Waals surface area contributed by atoms with Gasteiger partial charge in [-0.25, -0.2) is 4.98 Å². The second kappa shape index (κ2) is 6.35. The second-order valence-electron chi connectivity index (χ2n) is 5.24. The van der Waals surface area contributed by atoms with E-state index in [1.807, 2.05) is 54.9 Å². The summed E-state index contributed by atoms with van der Waals surface area (Å²) in [6.45, 7) is 0.779. The zero-order chi connectivity index (χ0) is 15.4. The van der Waals surface area contributed by atoms with Crippen LogP contribution >= 0.6 is 0 Å². The smallest absolute Gasteiger partial charge is 0.119 e. The van der Waals surface area contributed by atoms with Crippen LogP contribution in [0, 0.1) is 0 Å². The van der Waals surface area contributed by atoms with Gasteiger partial charge in [-0.1, -0.05) is 24.3 Å². The van der Waals surface area contributed by atoms with Gasteiger partial charge in [-0.15, -0.1) is 0 Å². The number of anilines is 1. The Labute approximate surface area is 130 Å². The fourth-order valence-electron chi connectivity index (χ4n) is 2.44. The predicted molar refractivity (Wildman–Crippen MR) is 88.0 cm³/mol. The lowest BCUT2D eigenvalue weighted by Gasteiger charge is -2.09. The molecule has 4 heteroatoms.